The smallest absolute Gasteiger partial charge is 0.00988 e. The fraction of sp³-hybridized carbons (Fsp3) is 0.205. The van der Waals surface area contributed by atoms with Crippen molar-refractivity contribution in [3.8, 4) is 0 Å². The Balaban J connectivity index is 1.29. The molecule has 0 bridgehead atoms. The summed E-state index contributed by atoms with van der Waals surface area (Å²) >= 11 is 0. The standard InChI is InChI=1S/C44H39/c1-3-5-6-7-12-29(11-4-2)41-16-10-15-32-21-37-22-33-17-18-34-23-38-24-35-19-30-13-8-9-14-31(30)20-36(35)25-39(38)26-43(34)44(33)28-40(37)27-42(32)41/h8-10,13-29H,2-7,11-12H2,1H3. The summed E-state index contributed by atoms with van der Waals surface area (Å²) in [5, 5.41) is 18.5. The summed E-state index contributed by atoms with van der Waals surface area (Å²) in [6.45, 7) is 6.53. The third-order valence-corrected chi connectivity index (χ3v) is 10.00. The number of fused-ring (bicyclic) bond motifs is 8. The van der Waals surface area contributed by atoms with Crippen LogP contribution in [0.1, 0.15) is 63.4 Å². The van der Waals surface area contributed by atoms with Crippen LogP contribution in [0.4, 0.5) is 0 Å². The molecule has 0 spiro atoms. The summed E-state index contributed by atoms with van der Waals surface area (Å²) in [6.07, 6.45) is 8.65. The molecule has 8 rings (SSSR count). The summed E-state index contributed by atoms with van der Waals surface area (Å²) in [6, 6.07) is 44.1. The third kappa shape index (κ3) is 4.78. The van der Waals surface area contributed by atoms with Crippen molar-refractivity contribution in [1.82, 2.24) is 0 Å². The van der Waals surface area contributed by atoms with Crippen molar-refractivity contribution in [2.24, 2.45) is 0 Å². The van der Waals surface area contributed by atoms with Crippen LogP contribution in [-0.2, 0) is 0 Å². The predicted octanol–water partition coefficient (Wildman–Crippen LogP) is 13.4. The second-order valence-corrected chi connectivity index (χ2v) is 12.9. The molecule has 0 N–H and O–H groups in total. The molecule has 0 nitrogen and oxygen atoms in total. The van der Waals surface area contributed by atoms with E-state index in [4.69, 9.17) is 0 Å². The van der Waals surface area contributed by atoms with E-state index < -0.39 is 0 Å². The van der Waals surface area contributed by atoms with Crippen molar-refractivity contribution in [3.63, 3.8) is 0 Å². The molecule has 0 fully saturated rings. The van der Waals surface area contributed by atoms with Gasteiger partial charge in [-0.15, -0.1) is 0 Å². The van der Waals surface area contributed by atoms with Crippen molar-refractivity contribution < 1.29 is 0 Å². The van der Waals surface area contributed by atoms with Gasteiger partial charge in [-0.25, -0.2) is 0 Å². The molecule has 44 heavy (non-hydrogen) atoms. The predicted molar refractivity (Wildman–Crippen MR) is 195 cm³/mol. The first-order chi connectivity index (χ1) is 21.7. The van der Waals surface area contributed by atoms with Crippen LogP contribution in [0, 0.1) is 6.92 Å². The van der Waals surface area contributed by atoms with E-state index in [2.05, 4.69) is 129 Å². The average Bonchev–Trinajstić information content (AvgIpc) is 3.05. The Morgan fingerprint density at radius 3 is 1.50 bits per heavy atom. The van der Waals surface area contributed by atoms with E-state index in [1.165, 1.54) is 113 Å². The minimum atomic E-state index is 0.574. The molecule has 0 aliphatic heterocycles. The quantitative estimate of drug-likeness (QED) is 0.0973. The maximum Gasteiger partial charge on any atom is -0.00988 e. The van der Waals surface area contributed by atoms with Gasteiger partial charge in [0.25, 0.3) is 0 Å². The summed E-state index contributed by atoms with van der Waals surface area (Å²) in [7, 11) is 0. The zero-order valence-electron chi connectivity index (χ0n) is 25.7. The minimum absolute atomic E-state index is 0.574. The topological polar surface area (TPSA) is 0 Å². The first kappa shape index (κ1) is 27.2. The summed E-state index contributed by atoms with van der Waals surface area (Å²) in [4.78, 5) is 0. The van der Waals surface area contributed by atoms with Gasteiger partial charge < -0.3 is 0 Å². The van der Waals surface area contributed by atoms with Crippen LogP contribution in [0.5, 0.6) is 0 Å². The molecule has 8 aromatic rings. The van der Waals surface area contributed by atoms with Gasteiger partial charge in [0.1, 0.15) is 0 Å². The van der Waals surface area contributed by atoms with E-state index in [0.29, 0.717) is 5.92 Å². The highest BCUT2D eigenvalue weighted by molar-refractivity contribution is 6.17. The van der Waals surface area contributed by atoms with Crippen LogP contribution in [0.2, 0.25) is 0 Å². The highest BCUT2D eigenvalue weighted by atomic mass is 14.2. The second kappa shape index (κ2) is 11.3. The van der Waals surface area contributed by atoms with Crippen molar-refractivity contribution >= 4 is 75.4 Å². The van der Waals surface area contributed by atoms with Crippen LogP contribution in [-0.4, -0.2) is 0 Å². The Hall–Kier alpha value is -4.42. The van der Waals surface area contributed by atoms with Gasteiger partial charge in [-0.2, -0.15) is 0 Å². The van der Waals surface area contributed by atoms with Crippen LogP contribution < -0.4 is 0 Å². The van der Waals surface area contributed by atoms with E-state index in [9.17, 15) is 0 Å². The van der Waals surface area contributed by atoms with Gasteiger partial charge in [-0.3, -0.25) is 0 Å². The van der Waals surface area contributed by atoms with E-state index in [0.717, 1.165) is 12.8 Å². The number of benzene rings is 8. The summed E-state index contributed by atoms with van der Waals surface area (Å²) < 4.78 is 0. The van der Waals surface area contributed by atoms with Gasteiger partial charge in [-0.1, -0.05) is 101 Å². The van der Waals surface area contributed by atoms with Crippen LogP contribution in [0.15, 0.2) is 115 Å². The van der Waals surface area contributed by atoms with E-state index in [-0.39, 0.29) is 0 Å². The minimum Gasteiger partial charge on any atom is -0.0654 e. The molecule has 0 aliphatic rings. The Morgan fingerprint density at radius 1 is 0.432 bits per heavy atom. The van der Waals surface area contributed by atoms with Gasteiger partial charge in [-0.05, 0) is 160 Å². The third-order valence-electron chi connectivity index (χ3n) is 10.00. The maximum absolute atomic E-state index is 4.24. The zero-order valence-corrected chi connectivity index (χ0v) is 25.7. The molecule has 1 unspecified atom stereocenters. The molecular weight excluding hydrogens is 528 g/mol. The van der Waals surface area contributed by atoms with Gasteiger partial charge in [0.15, 0.2) is 0 Å². The van der Waals surface area contributed by atoms with Crippen LogP contribution >= 0.6 is 0 Å². The molecule has 0 aliphatic carbocycles. The van der Waals surface area contributed by atoms with E-state index in [1.807, 2.05) is 0 Å². The normalized spacial score (nSPS) is 12.9. The van der Waals surface area contributed by atoms with E-state index >= 15 is 0 Å². The molecule has 1 radical (unpaired) electrons. The molecule has 215 valence electrons. The molecule has 0 saturated heterocycles. The van der Waals surface area contributed by atoms with Gasteiger partial charge in [0, 0.05) is 0 Å². The summed E-state index contributed by atoms with van der Waals surface area (Å²) in [5.41, 5.74) is 1.51. The lowest BCUT2D eigenvalue weighted by Crippen LogP contribution is -2.00. The Bertz CT molecular complexity index is 2340. The first-order valence-corrected chi connectivity index (χ1v) is 16.6. The average molecular weight is 568 g/mol. The van der Waals surface area contributed by atoms with Crippen LogP contribution in [0.25, 0.3) is 75.4 Å². The SMILES string of the molecule is [CH2]CCC(CCCCCC)c1cccc2cc3cc4ccc5cc6cc7cc8ccccc8cc7cc6cc5c4cc3cc12. The Kier molecular flexibility index (Phi) is 6.94. The monoisotopic (exact) mass is 567 g/mol. The zero-order chi connectivity index (χ0) is 29.6. The second-order valence-electron chi connectivity index (χ2n) is 12.9. The Labute approximate surface area is 260 Å². The first-order valence-electron chi connectivity index (χ1n) is 16.6. The van der Waals surface area contributed by atoms with Crippen molar-refractivity contribution in [1.29, 1.82) is 0 Å². The highest BCUT2D eigenvalue weighted by Crippen LogP contribution is 2.38. The van der Waals surface area contributed by atoms with Crippen molar-refractivity contribution in [2.75, 3.05) is 0 Å². The molecule has 1 atom stereocenters. The fourth-order valence-electron chi connectivity index (χ4n) is 7.68. The highest BCUT2D eigenvalue weighted by Gasteiger charge is 2.15. The van der Waals surface area contributed by atoms with Crippen molar-refractivity contribution in [3.05, 3.63) is 128 Å². The van der Waals surface area contributed by atoms with E-state index in [1.54, 1.807) is 0 Å². The molecule has 0 heteroatoms. The molecule has 8 aromatic carbocycles. The lowest BCUT2D eigenvalue weighted by atomic mass is 9.85. The lowest BCUT2D eigenvalue weighted by molar-refractivity contribution is 0.531. The largest absolute Gasteiger partial charge is 0.0654 e. The lowest BCUT2D eigenvalue weighted by Gasteiger charge is -2.19. The molecular formula is C44H39. The Morgan fingerprint density at radius 2 is 0.909 bits per heavy atom. The molecule has 0 heterocycles. The van der Waals surface area contributed by atoms with Crippen LogP contribution in [0.3, 0.4) is 0 Å². The van der Waals surface area contributed by atoms with Gasteiger partial charge in [0.2, 0.25) is 0 Å². The van der Waals surface area contributed by atoms with Crippen molar-refractivity contribution in [2.45, 2.75) is 57.8 Å². The fourth-order valence-corrected chi connectivity index (χ4v) is 7.68. The number of rotatable bonds is 8. The van der Waals surface area contributed by atoms with Gasteiger partial charge >= 0.3 is 0 Å². The number of hydrogen-bond acceptors (Lipinski definition) is 0. The number of hydrogen-bond donors (Lipinski definition) is 0. The van der Waals surface area contributed by atoms with Gasteiger partial charge in [0.05, 0.1) is 0 Å². The molecule has 0 aromatic heterocycles. The number of unbranched alkanes of at least 4 members (excludes halogenated alkanes) is 3. The maximum atomic E-state index is 4.24. The molecule has 0 amide bonds. The summed E-state index contributed by atoms with van der Waals surface area (Å²) in [5.74, 6) is 0.574. The molecule has 0 saturated carbocycles.